The highest BCUT2D eigenvalue weighted by Gasteiger charge is 2.91. The molecule has 3 atom stereocenters. The first kappa shape index (κ1) is 12.5. The Kier molecular flexibility index (Phi) is 1.79. The Morgan fingerprint density at radius 3 is 1.12 bits per heavy atom. The van der Waals surface area contributed by atoms with E-state index < -0.39 is 0 Å². The van der Waals surface area contributed by atoms with Crippen molar-refractivity contribution in [2.75, 3.05) is 0 Å². The van der Waals surface area contributed by atoms with Crippen LogP contribution in [0.1, 0.15) is 62.3 Å². The van der Waals surface area contributed by atoms with E-state index in [-0.39, 0.29) is 16.1 Å². The summed E-state index contributed by atoms with van der Waals surface area (Å²) in [5.41, 5.74) is 1.42. The summed E-state index contributed by atoms with van der Waals surface area (Å²) in [5.74, 6) is 0. The van der Waals surface area contributed by atoms with Crippen molar-refractivity contribution in [3.63, 3.8) is 0 Å². The lowest BCUT2D eigenvalue weighted by molar-refractivity contribution is -0.446. The van der Waals surface area contributed by atoms with Crippen LogP contribution >= 0.6 is 0 Å². The van der Waals surface area contributed by atoms with Gasteiger partial charge in [0.25, 0.3) is 0 Å². The lowest BCUT2D eigenvalue weighted by Crippen LogP contribution is -2.90. The molecule has 90 valence electrons. The molecule has 0 bridgehead atoms. The molecule has 2 rings (SSSR count). The normalized spacial score (nSPS) is 55.8. The van der Waals surface area contributed by atoms with E-state index in [1.807, 2.05) is 0 Å². The summed E-state index contributed by atoms with van der Waals surface area (Å²) in [7, 11) is 6.70. The van der Waals surface area contributed by atoms with Crippen molar-refractivity contribution in [2.45, 2.75) is 67.6 Å². The molecule has 0 nitrogen and oxygen atoms in total. The van der Waals surface area contributed by atoms with Gasteiger partial charge in [0.15, 0.2) is 0 Å². The SMILES string of the molecule is [B]C1(C)C(C)(C)C2(C)C(C)(C)C(C)(C)C12C. The van der Waals surface area contributed by atoms with E-state index >= 15 is 0 Å². The molecule has 2 aliphatic carbocycles. The van der Waals surface area contributed by atoms with Gasteiger partial charge in [-0.3, -0.25) is 0 Å². The van der Waals surface area contributed by atoms with Gasteiger partial charge in [-0.25, -0.2) is 0 Å². The molecule has 0 heterocycles. The highest BCUT2D eigenvalue weighted by atomic mass is 14.9. The third-order valence-corrected chi connectivity index (χ3v) is 8.65. The van der Waals surface area contributed by atoms with Crippen LogP contribution < -0.4 is 0 Å². The quantitative estimate of drug-likeness (QED) is 0.527. The molecule has 0 N–H and O–H groups in total. The third-order valence-electron chi connectivity index (χ3n) is 8.65. The average Bonchev–Trinajstić information content (AvgIpc) is 2.12. The highest BCUT2D eigenvalue weighted by molar-refractivity contribution is 6.17. The van der Waals surface area contributed by atoms with Crippen LogP contribution in [-0.4, -0.2) is 7.85 Å². The topological polar surface area (TPSA) is 0 Å². The Morgan fingerprint density at radius 2 is 0.812 bits per heavy atom. The van der Waals surface area contributed by atoms with Crippen LogP contribution in [0.15, 0.2) is 0 Å². The molecule has 0 spiro atoms. The van der Waals surface area contributed by atoms with E-state index in [9.17, 15) is 0 Å². The van der Waals surface area contributed by atoms with E-state index in [0.717, 1.165) is 0 Å². The Labute approximate surface area is 103 Å². The maximum atomic E-state index is 6.70. The van der Waals surface area contributed by atoms with Gasteiger partial charge in [0, 0.05) is 0 Å². The zero-order chi connectivity index (χ0) is 13.0. The molecule has 0 aromatic rings. The molecular weight excluding hydrogens is 191 g/mol. The van der Waals surface area contributed by atoms with Crippen molar-refractivity contribution in [3.8, 4) is 0 Å². The maximum absolute atomic E-state index is 6.70. The largest absolute Gasteiger partial charge is 0.0758 e. The molecular formula is C15H27B. The van der Waals surface area contributed by atoms with Crippen LogP contribution in [0.2, 0.25) is 5.31 Å². The molecule has 0 saturated heterocycles. The summed E-state index contributed by atoms with van der Waals surface area (Å²) >= 11 is 0. The number of fused-ring (bicyclic) bond motifs is 1. The predicted molar refractivity (Wildman–Crippen MR) is 71.7 cm³/mol. The van der Waals surface area contributed by atoms with Gasteiger partial charge in [-0.2, -0.15) is 0 Å². The Hall–Kier alpha value is 0.0649. The summed E-state index contributed by atoms with van der Waals surface area (Å²) in [4.78, 5) is 0. The van der Waals surface area contributed by atoms with Crippen molar-refractivity contribution in [1.82, 2.24) is 0 Å². The van der Waals surface area contributed by atoms with Crippen LogP contribution in [-0.2, 0) is 0 Å². The highest BCUT2D eigenvalue weighted by Crippen LogP contribution is 2.99. The molecule has 1 heteroatoms. The molecule has 0 aromatic heterocycles. The second-order valence-electron chi connectivity index (χ2n) is 8.33. The van der Waals surface area contributed by atoms with Crippen molar-refractivity contribution in [1.29, 1.82) is 0 Å². The summed E-state index contributed by atoms with van der Waals surface area (Å²) in [6.45, 7) is 21.5. The number of rotatable bonds is 0. The average molecular weight is 218 g/mol. The minimum absolute atomic E-state index is 0.0756. The molecule has 2 radical (unpaired) electrons. The molecule has 0 amide bonds. The van der Waals surface area contributed by atoms with Crippen molar-refractivity contribution >= 4 is 7.85 Å². The van der Waals surface area contributed by atoms with Crippen LogP contribution in [0.5, 0.6) is 0 Å². The van der Waals surface area contributed by atoms with E-state index in [1.54, 1.807) is 0 Å². The zero-order valence-corrected chi connectivity index (χ0v) is 12.6. The first-order chi connectivity index (χ1) is 6.75. The molecule has 16 heavy (non-hydrogen) atoms. The summed E-state index contributed by atoms with van der Waals surface area (Å²) in [5, 5.41) is -0.0756. The van der Waals surface area contributed by atoms with Gasteiger partial charge in [-0.15, -0.1) is 0 Å². The maximum Gasteiger partial charge on any atom is 0.0758 e. The van der Waals surface area contributed by atoms with Crippen LogP contribution in [0, 0.1) is 27.1 Å². The molecule has 2 fully saturated rings. The van der Waals surface area contributed by atoms with E-state index in [0.29, 0.717) is 16.2 Å². The fourth-order valence-electron chi connectivity index (χ4n) is 6.09. The fourth-order valence-corrected chi connectivity index (χ4v) is 6.09. The second kappa shape index (κ2) is 2.29. The summed E-state index contributed by atoms with van der Waals surface area (Å²) in [6, 6.07) is 0. The minimum Gasteiger partial charge on any atom is -0.0666 e. The number of hydrogen-bond acceptors (Lipinski definition) is 0. The van der Waals surface area contributed by atoms with Gasteiger partial charge in [0.2, 0.25) is 0 Å². The van der Waals surface area contributed by atoms with Crippen LogP contribution in [0.4, 0.5) is 0 Å². The Morgan fingerprint density at radius 1 is 0.500 bits per heavy atom. The molecule has 0 aliphatic heterocycles. The minimum atomic E-state index is -0.0756. The summed E-state index contributed by atoms with van der Waals surface area (Å²) in [6.07, 6.45) is 0. The predicted octanol–water partition coefficient (Wildman–Crippen LogP) is 4.45. The van der Waals surface area contributed by atoms with Gasteiger partial charge in [-0.05, 0) is 27.1 Å². The number of hydrogen-bond donors (Lipinski definition) is 0. The van der Waals surface area contributed by atoms with Crippen LogP contribution in [0.3, 0.4) is 0 Å². The molecule has 0 aromatic carbocycles. The lowest BCUT2D eigenvalue weighted by Gasteiger charge is -2.96. The van der Waals surface area contributed by atoms with E-state index in [1.165, 1.54) is 0 Å². The van der Waals surface area contributed by atoms with Gasteiger partial charge in [0.1, 0.15) is 0 Å². The van der Waals surface area contributed by atoms with Crippen LogP contribution in [0.25, 0.3) is 0 Å². The lowest BCUT2D eigenvalue weighted by atomic mass is 9.05. The molecule has 3 unspecified atom stereocenters. The van der Waals surface area contributed by atoms with Crippen molar-refractivity contribution in [3.05, 3.63) is 0 Å². The van der Waals surface area contributed by atoms with Crippen molar-refractivity contribution in [2.24, 2.45) is 27.1 Å². The second-order valence-corrected chi connectivity index (χ2v) is 8.33. The molecule has 2 aliphatic rings. The Bertz CT molecular complexity index is 294. The summed E-state index contributed by atoms with van der Waals surface area (Å²) < 4.78 is 0. The Balaban J connectivity index is 2.67. The van der Waals surface area contributed by atoms with Crippen molar-refractivity contribution < 1.29 is 0 Å². The third kappa shape index (κ3) is 0.604. The monoisotopic (exact) mass is 218 g/mol. The molecule has 2 saturated carbocycles. The first-order valence-corrected chi connectivity index (χ1v) is 6.54. The zero-order valence-electron chi connectivity index (χ0n) is 12.6. The van der Waals surface area contributed by atoms with E-state index in [4.69, 9.17) is 7.85 Å². The first-order valence-electron chi connectivity index (χ1n) is 6.54. The van der Waals surface area contributed by atoms with Gasteiger partial charge in [0.05, 0.1) is 7.85 Å². The fraction of sp³-hybridized carbons (Fsp3) is 1.00. The standard InChI is InChI=1S/C15H27B/c1-10(2)11(3,4)14(8)13(10,7)12(5,6)15(14,9)16/h1-9H3. The van der Waals surface area contributed by atoms with Gasteiger partial charge >= 0.3 is 0 Å². The van der Waals surface area contributed by atoms with Gasteiger partial charge in [-0.1, -0.05) is 67.6 Å². The smallest absolute Gasteiger partial charge is 0.0666 e. The van der Waals surface area contributed by atoms with E-state index in [2.05, 4.69) is 62.3 Å². The van der Waals surface area contributed by atoms with Gasteiger partial charge < -0.3 is 0 Å².